The smallest absolute Gasteiger partial charge is 0.425 e. The summed E-state index contributed by atoms with van der Waals surface area (Å²) in [4.78, 5) is 52.7. The average Bonchev–Trinajstić information content (AvgIpc) is 3.17. The second-order valence-corrected chi connectivity index (χ2v) is 8.10. The van der Waals surface area contributed by atoms with E-state index in [0.717, 1.165) is 4.57 Å². The predicted octanol–water partition coefficient (Wildman–Crippen LogP) is 1.94. The number of nitrogens with zero attached hydrogens (tertiary/aromatic N) is 1. The summed E-state index contributed by atoms with van der Waals surface area (Å²) in [5.74, 6) is -2.75. The van der Waals surface area contributed by atoms with Crippen molar-refractivity contribution in [3.05, 3.63) is 86.1 Å². The Bertz CT molecular complexity index is 1480. The van der Waals surface area contributed by atoms with Crippen LogP contribution < -0.4 is 31.4 Å². The van der Waals surface area contributed by atoms with Crippen LogP contribution in [0.3, 0.4) is 0 Å². The molecule has 2 heterocycles. The fourth-order valence-electron chi connectivity index (χ4n) is 4.15. The zero-order chi connectivity index (χ0) is 27.0. The number of methoxy groups -OCH3 is 2. The maximum atomic E-state index is 14.5. The molecule has 1 atom stereocenters. The second-order valence-electron chi connectivity index (χ2n) is 8.10. The summed E-state index contributed by atoms with van der Waals surface area (Å²) in [5.41, 5.74) is -6.86. The molecule has 0 unspecified atom stereocenters. The average molecular weight is 518 g/mol. The summed E-state index contributed by atoms with van der Waals surface area (Å²) < 4.78 is 54.7. The minimum Gasteiger partial charge on any atom is -0.493 e. The molecule has 2 aromatic carbocycles. The quantitative estimate of drug-likeness (QED) is 0.438. The Kier molecular flexibility index (Phi) is 6.55. The van der Waals surface area contributed by atoms with Crippen LogP contribution >= 0.6 is 0 Å². The van der Waals surface area contributed by atoms with E-state index in [-0.39, 0.29) is 18.5 Å². The fraction of sp³-hybridized carbons (Fsp3) is 0.250. The summed E-state index contributed by atoms with van der Waals surface area (Å²) >= 11 is 0. The molecule has 0 fully saturated rings. The number of H-pyrrole nitrogens is 1. The number of hydrogen-bond donors (Lipinski definition) is 3. The maximum absolute atomic E-state index is 14.5. The van der Waals surface area contributed by atoms with Gasteiger partial charge in [0.15, 0.2) is 11.5 Å². The Balaban J connectivity index is 1.78. The minimum absolute atomic E-state index is 0.115. The standard InChI is InChI=1S/C24H21F3N4O6/c1-36-15-9-8-13(12-16(15)37-2)10-11-31-18-17(20(33)29-22(31)35)23(21(34)28-18,24(25,26)27)30-19(32)14-6-4-3-5-7-14/h3-9,12H,10-11H2,1-2H3,(H,28,34)(H,30,32)(H,29,33,35)/t23-/m0/s1. The van der Waals surface area contributed by atoms with Crippen molar-refractivity contribution in [3.8, 4) is 11.5 Å². The SMILES string of the molecule is COc1ccc(CCn2c3c(c(=O)[nH]c2=O)[C@@](NC(=O)c2ccccc2)(C(F)(F)F)C(=O)N3)cc1OC. The number of alkyl halides is 3. The highest BCUT2D eigenvalue weighted by Crippen LogP contribution is 2.45. The van der Waals surface area contributed by atoms with E-state index < -0.39 is 46.2 Å². The molecule has 0 aliphatic carbocycles. The summed E-state index contributed by atoms with van der Waals surface area (Å²) in [6, 6.07) is 11.8. The van der Waals surface area contributed by atoms with Gasteiger partial charge in [-0.25, -0.2) is 4.79 Å². The molecule has 2 amide bonds. The van der Waals surface area contributed by atoms with Crippen LogP contribution in [0.1, 0.15) is 21.5 Å². The van der Waals surface area contributed by atoms with Crippen molar-refractivity contribution in [2.24, 2.45) is 0 Å². The zero-order valence-corrected chi connectivity index (χ0v) is 19.6. The number of anilines is 1. The van der Waals surface area contributed by atoms with Gasteiger partial charge < -0.3 is 20.1 Å². The van der Waals surface area contributed by atoms with Gasteiger partial charge in [0.2, 0.25) is 0 Å². The van der Waals surface area contributed by atoms with E-state index in [9.17, 15) is 32.3 Å². The van der Waals surface area contributed by atoms with Gasteiger partial charge in [0.1, 0.15) is 11.4 Å². The van der Waals surface area contributed by atoms with Crippen molar-refractivity contribution in [2.75, 3.05) is 19.5 Å². The molecule has 3 N–H and O–H groups in total. The van der Waals surface area contributed by atoms with E-state index in [1.165, 1.54) is 38.5 Å². The summed E-state index contributed by atoms with van der Waals surface area (Å²) in [6.07, 6.45) is -5.31. The number of nitrogens with one attached hydrogen (secondary N) is 3. The highest BCUT2D eigenvalue weighted by Gasteiger charge is 2.68. The van der Waals surface area contributed by atoms with E-state index in [0.29, 0.717) is 17.1 Å². The van der Waals surface area contributed by atoms with Gasteiger partial charge in [-0.3, -0.25) is 23.9 Å². The Hall–Kier alpha value is -4.55. The molecule has 13 heteroatoms. The zero-order valence-electron chi connectivity index (χ0n) is 19.6. The van der Waals surface area contributed by atoms with Crippen molar-refractivity contribution >= 4 is 17.6 Å². The topological polar surface area (TPSA) is 132 Å². The number of fused-ring (bicyclic) bond motifs is 1. The van der Waals surface area contributed by atoms with E-state index >= 15 is 0 Å². The van der Waals surface area contributed by atoms with E-state index in [2.05, 4.69) is 0 Å². The molecule has 10 nitrogen and oxygen atoms in total. The monoisotopic (exact) mass is 518 g/mol. The lowest BCUT2D eigenvalue weighted by Crippen LogP contribution is -2.62. The van der Waals surface area contributed by atoms with Gasteiger partial charge in [-0.05, 0) is 36.2 Å². The third-order valence-electron chi connectivity index (χ3n) is 5.98. The van der Waals surface area contributed by atoms with Crippen LogP contribution in [0.5, 0.6) is 11.5 Å². The number of benzene rings is 2. The van der Waals surface area contributed by atoms with Crippen LogP contribution in [0.15, 0.2) is 58.1 Å². The van der Waals surface area contributed by atoms with E-state index in [1.54, 1.807) is 29.6 Å². The van der Waals surface area contributed by atoms with Crippen LogP contribution in [-0.4, -0.2) is 41.8 Å². The molecule has 37 heavy (non-hydrogen) atoms. The molecule has 1 aliphatic heterocycles. The molecule has 0 radical (unpaired) electrons. The van der Waals surface area contributed by atoms with Crippen molar-refractivity contribution in [1.29, 1.82) is 0 Å². The Labute approximate surface area is 207 Å². The largest absolute Gasteiger partial charge is 0.493 e. The first-order chi connectivity index (χ1) is 17.5. The maximum Gasteiger partial charge on any atom is 0.425 e. The van der Waals surface area contributed by atoms with Gasteiger partial charge in [-0.2, -0.15) is 13.2 Å². The molecule has 0 bridgehead atoms. The Morgan fingerprint density at radius 3 is 2.32 bits per heavy atom. The predicted molar refractivity (Wildman–Crippen MR) is 125 cm³/mol. The second kappa shape index (κ2) is 9.48. The summed E-state index contributed by atoms with van der Waals surface area (Å²) in [6.45, 7) is -0.214. The van der Waals surface area contributed by atoms with Gasteiger partial charge in [-0.1, -0.05) is 24.3 Å². The van der Waals surface area contributed by atoms with E-state index in [4.69, 9.17) is 9.47 Å². The molecule has 3 aromatic rings. The van der Waals surface area contributed by atoms with Gasteiger partial charge in [-0.15, -0.1) is 0 Å². The number of halogens is 3. The molecule has 0 saturated carbocycles. The lowest BCUT2D eigenvalue weighted by atomic mass is 9.91. The highest BCUT2D eigenvalue weighted by atomic mass is 19.4. The van der Waals surface area contributed by atoms with Crippen LogP contribution in [0.25, 0.3) is 0 Å². The Morgan fingerprint density at radius 2 is 1.70 bits per heavy atom. The molecule has 1 aromatic heterocycles. The van der Waals surface area contributed by atoms with Crippen LogP contribution in [0.2, 0.25) is 0 Å². The molecule has 0 saturated heterocycles. The molecular weight excluding hydrogens is 497 g/mol. The van der Waals surface area contributed by atoms with Crippen LogP contribution in [-0.2, 0) is 23.3 Å². The lowest BCUT2D eigenvalue weighted by molar-refractivity contribution is -0.196. The van der Waals surface area contributed by atoms with Crippen LogP contribution in [0.4, 0.5) is 19.0 Å². The summed E-state index contributed by atoms with van der Waals surface area (Å²) in [7, 11) is 2.88. The molecular formula is C24H21F3N4O6. The first kappa shape index (κ1) is 25.5. The number of rotatable bonds is 7. The number of ether oxygens (including phenoxy) is 2. The number of amides is 2. The number of aryl methyl sites for hydroxylation is 1. The van der Waals surface area contributed by atoms with Crippen molar-refractivity contribution in [1.82, 2.24) is 14.9 Å². The molecule has 194 valence electrons. The normalized spacial score (nSPS) is 16.6. The first-order valence-electron chi connectivity index (χ1n) is 10.9. The van der Waals surface area contributed by atoms with Crippen molar-refractivity contribution < 1.29 is 32.2 Å². The van der Waals surface area contributed by atoms with Gasteiger partial charge in [0, 0.05) is 12.1 Å². The van der Waals surface area contributed by atoms with Gasteiger partial charge in [0.25, 0.3) is 22.9 Å². The van der Waals surface area contributed by atoms with Crippen molar-refractivity contribution in [3.63, 3.8) is 0 Å². The number of aromatic amines is 1. The lowest BCUT2D eigenvalue weighted by Gasteiger charge is -2.30. The van der Waals surface area contributed by atoms with Gasteiger partial charge in [0.05, 0.1) is 14.2 Å². The molecule has 1 aliphatic rings. The number of hydrogen-bond acceptors (Lipinski definition) is 6. The number of carbonyl (C=O) groups excluding carboxylic acids is 2. The summed E-state index contributed by atoms with van der Waals surface area (Å²) in [5, 5.41) is 3.71. The minimum atomic E-state index is -5.43. The van der Waals surface area contributed by atoms with Gasteiger partial charge >= 0.3 is 11.9 Å². The van der Waals surface area contributed by atoms with Crippen LogP contribution in [0, 0.1) is 0 Å². The molecule has 0 spiro atoms. The fourth-order valence-corrected chi connectivity index (χ4v) is 4.15. The molecule has 4 rings (SSSR count). The third kappa shape index (κ3) is 4.32. The van der Waals surface area contributed by atoms with E-state index in [1.807, 2.05) is 10.3 Å². The number of aromatic nitrogens is 2. The number of carbonyl (C=O) groups is 2. The third-order valence-corrected chi connectivity index (χ3v) is 5.98. The highest BCUT2D eigenvalue weighted by molar-refractivity contribution is 6.09. The Morgan fingerprint density at radius 1 is 1.03 bits per heavy atom. The first-order valence-corrected chi connectivity index (χ1v) is 10.9. The van der Waals surface area contributed by atoms with Crippen molar-refractivity contribution in [2.45, 2.75) is 24.7 Å².